The molecule has 0 bridgehead atoms. The number of hydrogen-bond donors (Lipinski definition) is 0. The van der Waals surface area contributed by atoms with Crippen LogP contribution in [0.2, 0.25) is 5.15 Å². The van der Waals surface area contributed by atoms with E-state index in [4.69, 9.17) is 16.3 Å². The molecule has 1 aliphatic heterocycles. The third-order valence-corrected chi connectivity index (χ3v) is 4.27. The lowest BCUT2D eigenvalue weighted by molar-refractivity contribution is 0.214. The molecule has 0 saturated carbocycles. The summed E-state index contributed by atoms with van der Waals surface area (Å²) in [6, 6.07) is 3.43. The van der Waals surface area contributed by atoms with Crippen molar-refractivity contribution in [2.24, 2.45) is 5.92 Å². The van der Waals surface area contributed by atoms with Gasteiger partial charge in [-0.3, -0.25) is 0 Å². The Balaban J connectivity index is 1.47. The second-order valence-corrected chi connectivity index (χ2v) is 6.07. The first kappa shape index (κ1) is 15.9. The maximum Gasteiger partial charge on any atom is 0.233 e. The fraction of sp³-hybridized carbons (Fsp3) is 0.500. The first-order valence-corrected chi connectivity index (χ1v) is 8.30. The molecule has 7 heteroatoms. The summed E-state index contributed by atoms with van der Waals surface area (Å²) in [6.45, 7) is 4.66. The van der Waals surface area contributed by atoms with Gasteiger partial charge in [0.1, 0.15) is 0 Å². The van der Waals surface area contributed by atoms with Crippen molar-refractivity contribution in [1.82, 2.24) is 20.2 Å². The van der Waals surface area contributed by atoms with Crippen molar-refractivity contribution in [3.63, 3.8) is 0 Å². The molecule has 1 fully saturated rings. The standard InChI is InChI=1S/C16H20ClN5O/c1-2-12-9-18-16(19-10-12)22-7-5-13(6-8-22)11-23-15-4-3-14(17)20-21-15/h3-4,9-10,13H,2,5-8,11H2,1H3. The molecule has 122 valence electrons. The molecule has 1 aliphatic rings. The van der Waals surface area contributed by atoms with Gasteiger partial charge in [-0.25, -0.2) is 9.97 Å². The number of aryl methyl sites for hydroxylation is 1. The zero-order valence-corrected chi connectivity index (χ0v) is 13.9. The van der Waals surface area contributed by atoms with E-state index in [2.05, 4.69) is 32.0 Å². The molecular formula is C16H20ClN5O. The largest absolute Gasteiger partial charge is 0.476 e. The molecule has 23 heavy (non-hydrogen) atoms. The minimum atomic E-state index is 0.375. The van der Waals surface area contributed by atoms with Crippen molar-refractivity contribution in [3.8, 4) is 5.88 Å². The summed E-state index contributed by atoms with van der Waals surface area (Å²) in [7, 11) is 0. The summed E-state index contributed by atoms with van der Waals surface area (Å²) in [6.07, 6.45) is 6.90. The highest BCUT2D eigenvalue weighted by molar-refractivity contribution is 6.29. The molecule has 3 rings (SSSR count). The van der Waals surface area contributed by atoms with Gasteiger partial charge in [0, 0.05) is 31.5 Å². The van der Waals surface area contributed by atoms with Gasteiger partial charge in [-0.15, -0.1) is 10.2 Å². The van der Waals surface area contributed by atoms with Crippen LogP contribution in [0.1, 0.15) is 25.3 Å². The van der Waals surface area contributed by atoms with E-state index in [9.17, 15) is 0 Å². The van der Waals surface area contributed by atoms with Gasteiger partial charge in [0.25, 0.3) is 0 Å². The highest BCUT2D eigenvalue weighted by Gasteiger charge is 2.21. The second kappa shape index (κ2) is 7.55. The normalized spacial score (nSPS) is 15.7. The lowest BCUT2D eigenvalue weighted by Gasteiger charge is -2.31. The molecule has 0 aromatic carbocycles. The number of halogens is 1. The Bertz CT molecular complexity index is 611. The van der Waals surface area contributed by atoms with Crippen LogP contribution in [0.15, 0.2) is 24.5 Å². The number of piperidine rings is 1. The number of ether oxygens (including phenoxy) is 1. The molecule has 0 N–H and O–H groups in total. The zero-order valence-electron chi connectivity index (χ0n) is 13.2. The fourth-order valence-corrected chi connectivity index (χ4v) is 2.68. The van der Waals surface area contributed by atoms with Crippen molar-refractivity contribution < 1.29 is 4.74 Å². The third-order valence-electron chi connectivity index (χ3n) is 4.07. The number of hydrogen-bond acceptors (Lipinski definition) is 6. The minimum Gasteiger partial charge on any atom is -0.476 e. The van der Waals surface area contributed by atoms with Gasteiger partial charge < -0.3 is 9.64 Å². The van der Waals surface area contributed by atoms with Crippen LogP contribution in [-0.4, -0.2) is 39.9 Å². The van der Waals surface area contributed by atoms with Crippen LogP contribution < -0.4 is 9.64 Å². The Hall–Kier alpha value is -1.95. The van der Waals surface area contributed by atoms with Gasteiger partial charge >= 0.3 is 0 Å². The van der Waals surface area contributed by atoms with Crippen LogP contribution >= 0.6 is 11.6 Å². The molecule has 0 aliphatic carbocycles. The number of anilines is 1. The Kier molecular flexibility index (Phi) is 5.23. The van der Waals surface area contributed by atoms with E-state index < -0.39 is 0 Å². The van der Waals surface area contributed by atoms with Crippen LogP contribution in [0, 0.1) is 5.92 Å². The molecule has 0 atom stereocenters. The van der Waals surface area contributed by atoms with E-state index in [1.54, 1.807) is 12.1 Å². The van der Waals surface area contributed by atoms with Gasteiger partial charge in [0.2, 0.25) is 11.8 Å². The maximum atomic E-state index is 5.71. The van der Waals surface area contributed by atoms with Crippen molar-refractivity contribution in [3.05, 3.63) is 35.2 Å². The summed E-state index contributed by atoms with van der Waals surface area (Å²) in [5, 5.41) is 8.06. The van der Waals surface area contributed by atoms with Gasteiger partial charge in [0.15, 0.2) is 5.15 Å². The van der Waals surface area contributed by atoms with E-state index in [-0.39, 0.29) is 0 Å². The van der Waals surface area contributed by atoms with Crippen molar-refractivity contribution in [2.75, 3.05) is 24.6 Å². The molecule has 2 aromatic heterocycles. The summed E-state index contributed by atoms with van der Waals surface area (Å²) >= 11 is 5.71. The third kappa shape index (κ3) is 4.28. The highest BCUT2D eigenvalue weighted by Crippen LogP contribution is 2.21. The van der Waals surface area contributed by atoms with Crippen LogP contribution in [0.25, 0.3) is 0 Å². The topological polar surface area (TPSA) is 64.0 Å². The molecule has 0 spiro atoms. The number of nitrogens with zero attached hydrogens (tertiary/aromatic N) is 5. The molecule has 0 unspecified atom stereocenters. The molecular weight excluding hydrogens is 314 g/mol. The molecule has 0 amide bonds. The Labute approximate surface area is 140 Å². The number of aromatic nitrogens is 4. The highest BCUT2D eigenvalue weighted by atomic mass is 35.5. The van der Waals surface area contributed by atoms with E-state index >= 15 is 0 Å². The average Bonchev–Trinajstić information content (AvgIpc) is 2.62. The smallest absolute Gasteiger partial charge is 0.233 e. The molecule has 2 aromatic rings. The van der Waals surface area contributed by atoms with E-state index in [0.717, 1.165) is 38.3 Å². The van der Waals surface area contributed by atoms with Crippen LogP contribution in [-0.2, 0) is 6.42 Å². The van der Waals surface area contributed by atoms with Gasteiger partial charge in [-0.05, 0) is 36.8 Å². The predicted molar refractivity (Wildman–Crippen MR) is 88.9 cm³/mol. The van der Waals surface area contributed by atoms with Gasteiger partial charge in [-0.1, -0.05) is 18.5 Å². The molecule has 6 nitrogen and oxygen atoms in total. The van der Waals surface area contributed by atoms with E-state index in [1.165, 1.54) is 5.56 Å². The minimum absolute atomic E-state index is 0.375. The maximum absolute atomic E-state index is 5.71. The summed E-state index contributed by atoms with van der Waals surface area (Å²) in [5.74, 6) is 1.86. The van der Waals surface area contributed by atoms with E-state index in [0.29, 0.717) is 23.6 Å². The lowest BCUT2D eigenvalue weighted by Crippen LogP contribution is -2.36. The lowest BCUT2D eigenvalue weighted by atomic mass is 9.98. The quantitative estimate of drug-likeness (QED) is 0.838. The molecule has 1 saturated heterocycles. The Morgan fingerprint density at radius 3 is 2.52 bits per heavy atom. The molecule has 3 heterocycles. The zero-order chi connectivity index (χ0) is 16.1. The van der Waals surface area contributed by atoms with E-state index in [1.807, 2.05) is 12.4 Å². The SMILES string of the molecule is CCc1cnc(N2CCC(COc3ccc(Cl)nn3)CC2)nc1. The first-order chi connectivity index (χ1) is 11.2. The summed E-state index contributed by atoms with van der Waals surface area (Å²) in [5.41, 5.74) is 1.17. The van der Waals surface area contributed by atoms with Crippen molar-refractivity contribution in [2.45, 2.75) is 26.2 Å². The summed E-state index contributed by atoms with van der Waals surface area (Å²) < 4.78 is 5.69. The fourth-order valence-electron chi connectivity index (χ4n) is 2.58. The van der Waals surface area contributed by atoms with Crippen LogP contribution in [0.5, 0.6) is 5.88 Å². The van der Waals surface area contributed by atoms with Crippen molar-refractivity contribution >= 4 is 17.5 Å². The Morgan fingerprint density at radius 1 is 1.17 bits per heavy atom. The number of rotatable bonds is 5. The predicted octanol–water partition coefficient (Wildman–Crippen LogP) is 2.78. The average molecular weight is 334 g/mol. The Morgan fingerprint density at radius 2 is 1.91 bits per heavy atom. The van der Waals surface area contributed by atoms with Crippen molar-refractivity contribution in [1.29, 1.82) is 0 Å². The molecule has 0 radical (unpaired) electrons. The monoisotopic (exact) mass is 333 g/mol. The van der Waals surface area contributed by atoms with Gasteiger partial charge in [0.05, 0.1) is 6.61 Å². The van der Waals surface area contributed by atoms with Crippen LogP contribution in [0.4, 0.5) is 5.95 Å². The first-order valence-electron chi connectivity index (χ1n) is 7.92. The summed E-state index contributed by atoms with van der Waals surface area (Å²) in [4.78, 5) is 11.1. The second-order valence-electron chi connectivity index (χ2n) is 5.68. The van der Waals surface area contributed by atoms with Gasteiger partial charge in [-0.2, -0.15) is 0 Å². The van der Waals surface area contributed by atoms with Crippen LogP contribution in [0.3, 0.4) is 0 Å².